The lowest BCUT2D eigenvalue weighted by Crippen LogP contribution is -2.54. The zero-order valence-corrected chi connectivity index (χ0v) is 15.2. The predicted octanol–water partition coefficient (Wildman–Crippen LogP) is 2.03. The van der Waals surface area contributed by atoms with Crippen molar-refractivity contribution in [2.45, 2.75) is 26.3 Å². The fourth-order valence-corrected chi connectivity index (χ4v) is 2.82. The zero-order chi connectivity index (χ0) is 19.1. The number of benzene rings is 1. The second kappa shape index (κ2) is 9.10. The third kappa shape index (κ3) is 5.66. The highest BCUT2D eigenvalue weighted by atomic mass is 32.1. The van der Waals surface area contributed by atoms with E-state index in [2.05, 4.69) is 16.2 Å². The fraction of sp³-hybridized carbons (Fsp3) is 0.278. The minimum Gasteiger partial charge on any atom is -0.339 e. The summed E-state index contributed by atoms with van der Waals surface area (Å²) in [6.07, 6.45) is -0.00550. The molecule has 0 radical (unpaired) electrons. The van der Waals surface area contributed by atoms with Gasteiger partial charge in [-0.15, -0.1) is 11.3 Å². The summed E-state index contributed by atoms with van der Waals surface area (Å²) in [5.41, 5.74) is 5.25. The largest absolute Gasteiger partial charge is 0.339 e. The number of nitrogens with one attached hydrogen (secondary N) is 3. The number of carbonyl (C=O) groups is 3. The van der Waals surface area contributed by atoms with Crippen LogP contribution < -0.4 is 16.2 Å². The van der Waals surface area contributed by atoms with Gasteiger partial charge in [0.2, 0.25) is 5.91 Å². The Labute approximate surface area is 154 Å². The standard InChI is InChI=1S/C18H20FN3O3S/c1-11(2)16(20-17(24)14-4-3-9-26-14)18(25)22-21-15(23)10-12-5-7-13(19)8-6-12/h3-9,11,16H,10H2,1-2H3,(H,20,24)(H,21,23)(H,22,25)/t16-/m1/s1. The lowest BCUT2D eigenvalue weighted by molar-refractivity contribution is -0.130. The normalized spacial score (nSPS) is 11.7. The average Bonchev–Trinajstić information content (AvgIpc) is 3.14. The lowest BCUT2D eigenvalue weighted by Gasteiger charge is -2.21. The van der Waals surface area contributed by atoms with Crippen LogP contribution in [0.25, 0.3) is 0 Å². The summed E-state index contributed by atoms with van der Waals surface area (Å²) in [7, 11) is 0. The van der Waals surface area contributed by atoms with Crippen LogP contribution >= 0.6 is 11.3 Å². The van der Waals surface area contributed by atoms with Gasteiger partial charge in [0.25, 0.3) is 11.8 Å². The van der Waals surface area contributed by atoms with Crippen molar-refractivity contribution in [3.8, 4) is 0 Å². The maximum Gasteiger partial charge on any atom is 0.262 e. The van der Waals surface area contributed by atoms with Crippen LogP contribution in [0, 0.1) is 11.7 Å². The molecule has 0 unspecified atom stereocenters. The summed E-state index contributed by atoms with van der Waals surface area (Å²) in [4.78, 5) is 36.8. The van der Waals surface area contributed by atoms with E-state index in [0.29, 0.717) is 10.4 Å². The maximum atomic E-state index is 12.9. The number of hydrogen-bond acceptors (Lipinski definition) is 4. The van der Waals surface area contributed by atoms with Crippen molar-refractivity contribution in [2.75, 3.05) is 0 Å². The molecule has 3 amide bonds. The molecule has 0 saturated carbocycles. The van der Waals surface area contributed by atoms with Crippen LogP contribution in [0.15, 0.2) is 41.8 Å². The number of hydrogen-bond donors (Lipinski definition) is 3. The Kier molecular flexibility index (Phi) is 6.85. The van der Waals surface area contributed by atoms with Gasteiger partial charge < -0.3 is 5.32 Å². The summed E-state index contributed by atoms with van der Waals surface area (Å²) in [5.74, 6) is -1.86. The van der Waals surface area contributed by atoms with E-state index < -0.39 is 17.9 Å². The third-order valence-corrected chi connectivity index (χ3v) is 4.45. The summed E-state index contributed by atoms with van der Waals surface area (Å²) in [6.45, 7) is 3.58. The number of halogens is 1. The van der Waals surface area contributed by atoms with E-state index in [0.717, 1.165) is 0 Å². The van der Waals surface area contributed by atoms with Gasteiger partial charge in [0.05, 0.1) is 11.3 Å². The molecule has 138 valence electrons. The lowest BCUT2D eigenvalue weighted by atomic mass is 10.0. The van der Waals surface area contributed by atoms with E-state index >= 15 is 0 Å². The summed E-state index contributed by atoms with van der Waals surface area (Å²) in [5, 5.41) is 4.44. The van der Waals surface area contributed by atoms with Gasteiger partial charge in [0.1, 0.15) is 11.9 Å². The second-order valence-corrected chi connectivity index (χ2v) is 6.96. The summed E-state index contributed by atoms with van der Waals surface area (Å²) < 4.78 is 12.9. The molecule has 0 saturated heterocycles. The molecule has 0 fully saturated rings. The van der Waals surface area contributed by atoms with Gasteiger partial charge in [-0.2, -0.15) is 0 Å². The molecule has 26 heavy (non-hydrogen) atoms. The van der Waals surface area contributed by atoms with Gasteiger partial charge in [0, 0.05) is 0 Å². The fourth-order valence-electron chi connectivity index (χ4n) is 2.20. The molecule has 1 atom stereocenters. The van der Waals surface area contributed by atoms with Gasteiger partial charge >= 0.3 is 0 Å². The Morgan fingerprint density at radius 1 is 1.08 bits per heavy atom. The zero-order valence-electron chi connectivity index (χ0n) is 14.4. The Morgan fingerprint density at radius 3 is 2.35 bits per heavy atom. The van der Waals surface area contributed by atoms with Crippen LogP contribution in [0.2, 0.25) is 0 Å². The smallest absolute Gasteiger partial charge is 0.262 e. The molecule has 2 rings (SSSR count). The highest BCUT2D eigenvalue weighted by Gasteiger charge is 2.25. The van der Waals surface area contributed by atoms with Crippen molar-refractivity contribution in [3.63, 3.8) is 0 Å². The highest BCUT2D eigenvalue weighted by molar-refractivity contribution is 7.12. The first-order valence-electron chi connectivity index (χ1n) is 8.04. The molecular formula is C18H20FN3O3S. The predicted molar refractivity (Wildman–Crippen MR) is 96.8 cm³/mol. The topological polar surface area (TPSA) is 87.3 Å². The Morgan fingerprint density at radius 2 is 1.77 bits per heavy atom. The second-order valence-electron chi connectivity index (χ2n) is 6.01. The molecule has 1 heterocycles. The molecule has 0 spiro atoms. The molecule has 1 aromatic carbocycles. The number of thiophene rings is 1. The van der Waals surface area contributed by atoms with Gasteiger partial charge in [-0.3, -0.25) is 25.2 Å². The monoisotopic (exact) mass is 377 g/mol. The van der Waals surface area contributed by atoms with Crippen LogP contribution in [-0.2, 0) is 16.0 Å². The van der Waals surface area contributed by atoms with Crippen LogP contribution in [-0.4, -0.2) is 23.8 Å². The van der Waals surface area contributed by atoms with E-state index in [1.807, 2.05) is 0 Å². The Bertz CT molecular complexity index is 760. The first-order chi connectivity index (χ1) is 12.4. The van der Waals surface area contributed by atoms with Crippen molar-refractivity contribution in [1.29, 1.82) is 0 Å². The summed E-state index contributed by atoms with van der Waals surface area (Å²) >= 11 is 1.28. The van der Waals surface area contributed by atoms with Crippen molar-refractivity contribution < 1.29 is 18.8 Å². The van der Waals surface area contributed by atoms with Gasteiger partial charge in [0.15, 0.2) is 0 Å². The van der Waals surface area contributed by atoms with E-state index in [1.165, 1.54) is 35.6 Å². The quantitative estimate of drug-likeness (QED) is 0.673. The SMILES string of the molecule is CC(C)[C@@H](NC(=O)c1cccs1)C(=O)NNC(=O)Cc1ccc(F)cc1. The molecule has 0 bridgehead atoms. The molecule has 0 aliphatic heterocycles. The number of rotatable bonds is 6. The van der Waals surface area contributed by atoms with Crippen LogP contribution in [0.4, 0.5) is 4.39 Å². The van der Waals surface area contributed by atoms with Crippen molar-refractivity contribution >= 4 is 29.1 Å². The minimum atomic E-state index is -0.796. The van der Waals surface area contributed by atoms with Gasteiger partial charge in [-0.1, -0.05) is 32.0 Å². The average molecular weight is 377 g/mol. The molecule has 6 nitrogen and oxygen atoms in total. The molecule has 1 aromatic heterocycles. The Hall–Kier alpha value is -2.74. The van der Waals surface area contributed by atoms with Crippen molar-refractivity contribution in [1.82, 2.24) is 16.2 Å². The third-order valence-electron chi connectivity index (χ3n) is 3.58. The van der Waals surface area contributed by atoms with Crippen LogP contribution in [0.1, 0.15) is 29.1 Å². The van der Waals surface area contributed by atoms with E-state index in [4.69, 9.17) is 0 Å². The van der Waals surface area contributed by atoms with Crippen LogP contribution in [0.5, 0.6) is 0 Å². The summed E-state index contributed by atoms with van der Waals surface area (Å²) in [6, 6.07) is 8.13. The van der Waals surface area contributed by atoms with Gasteiger partial charge in [-0.25, -0.2) is 4.39 Å². The molecule has 0 aliphatic carbocycles. The maximum absolute atomic E-state index is 12.9. The highest BCUT2D eigenvalue weighted by Crippen LogP contribution is 2.10. The first kappa shape index (κ1) is 19.6. The number of hydrazine groups is 1. The molecule has 3 N–H and O–H groups in total. The van der Waals surface area contributed by atoms with E-state index in [9.17, 15) is 18.8 Å². The minimum absolute atomic E-state index is 0.00550. The van der Waals surface area contributed by atoms with E-state index in [-0.39, 0.29) is 24.1 Å². The Balaban J connectivity index is 1.87. The molecular weight excluding hydrogens is 357 g/mol. The van der Waals surface area contributed by atoms with Gasteiger partial charge in [-0.05, 0) is 35.1 Å². The van der Waals surface area contributed by atoms with E-state index in [1.54, 1.807) is 31.4 Å². The first-order valence-corrected chi connectivity index (χ1v) is 8.92. The van der Waals surface area contributed by atoms with Crippen LogP contribution in [0.3, 0.4) is 0 Å². The van der Waals surface area contributed by atoms with Crippen molar-refractivity contribution in [3.05, 3.63) is 58.0 Å². The number of amides is 3. The molecule has 0 aliphatic rings. The molecule has 2 aromatic rings. The molecule has 8 heteroatoms. The van der Waals surface area contributed by atoms with Crippen molar-refractivity contribution in [2.24, 2.45) is 5.92 Å². The number of carbonyl (C=O) groups excluding carboxylic acids is 3.